The minimum absolute atomic E-state index is 0.0169. The first kappa shape index (κ1) is 23.2. The van der Waals surface area contributed by atoms with E-state index in [1.165, 1.54) is 25.3 Å². The highest BCUT2D eigenvalue weighted by atomic mass is 19.4. The number of fused-ring (bicyclic) bond motifs is 1. The predicted molar refractivity (Wildman–Crippen MR) is 120 cm³/mol. The highest BCUT2D eigenvalue weighted by molar-refractivity contribution is 6.03. The molecular weight excluding hydrogens is 431 g/mol. The number of alkyl halides is 3. The van der Waals surface area contributed by atoms with Crippen LogP contribution in [-0.2, 0) is 18.1 Å². The van der Waals surface area contributed by atoms with E-state index >= 15 is 0 Å². The number of carbonyl (C=O) groups is 1. The molecule has 0 radical (unpaired) electrons. The van der Waals surface area contributed by atoms with Crippen molar-refractivity contribution in [3.05, 3.63) is 59.0 Å². The number of anilines is 1. The maximum absolute atomic E-state index is 13.7. The Morgan fingerprint density at radius 1 is 1.03 bits per heavy atom. The minimum atomic E-state index is -4.63. The van der Waals surface area contributed by atoms with Crippen LogP contribution in [0.15, 0.2) is 36.4 Å². The molecule has 1 aliphatic rings. The second-order valence-corrected chi connectivity index (χ2v) is 9.56. The van der Waals surface area contributed by atoms with E-state index < -0.39 is 23.2 Å². The number of aromatic nitrogens is 3. The SMILES string of the molecule is CC(C)(C)c1cc(C(F)(F)F)n2nc(C(=O)Nc3ccc(CN4CCCCC4)cc3)cc2n1. The Morgan fingerprint density at radius 3 is 2.30 bits per heavy atom. The topological polar surface area (TPSA) is 62.5 Å². The van der Waals surface area contributed by atoms with Crippen LogP contribution in [0.25, 0.3) is 5.65 Å². The lowest BCUT2D eigenvalue weighted by Gasteiger charge is -2.26. The van der Waals surface area contributed by atoms with E-state index in [1.807, 2.05) is 12.1 Å². The van der Waals surface area contributed by atoms with Crippen molar-refractivity contribution in [3.63, 3.8) is 0 Å². The van der Waals surface area contributed by atoms with E-state index in [2.05, 4.69) is 20.3 Å². The molecule has 0 unspecified atom stereocenters. The molecule has 176 valence electrons. The zero-order valence-corrected chi connectivity index (χ0v) is 19.0. The zero-order valence-electron chi connectivity index (χ0n) is 19.0. The smallest absolute Gasteiger partial charge is 0.321 e. The molecule has 1 amide bonds. The molecule has 1 fully saturated rings. The van der Waals surface area contributed by atoms with Gasteiger partial charge in [0, 0.05) is 23.7 Å². The molecule has 0 bridgehead atoms. The number of nitrogens with one attached hydrogen (secondary N) is 1. The van der Waals surface area contributed by atoms with E-state index in [9.17, 15) is 18.0 Å². The zero-order chi connectivity index (χ0) is 23.8. The van der Waals surface area contributed by atoms with Crippen LogP contribution in [0.1, 0.15) is 67.5 Å². The summed E-state index contributed by atoms with van der Waals surface area (Å²) in [4.78, 5) is 19.4. The van der Waals surface area contributed by atoms with Crippen LogP contribution >= 0.6 is 0 Å². The fourth-order valence-corrected chi connectivity index (χ4v) is 3.94. The van der Waals surface area contributed by atoms with Crippen molar-refractivity contribution >= 4 is 17.2 Å². The van der Waals surface area contributed by atoms with E-state index in [4.69, 9.17) is 0 Å². The van der Waals surface area contributed by atoms with Gasteiger partial charge in [0.15, 0.2) is 11.3 Å². The average molecular weight is 460 g/mol. The number of carbonyl (C=O) groups excluding carboxylic acids is 1. The van der Waals surface area contributed by atoms with Gasteiger partial charge in [0.25, 0.3) is 5.91 Å². The number of halogens is 3. The second-order valence-electron chi connectivity index (χ2n) is 9.56. The van der Waals surface area contributed by atoms with Gasteiger partial charge in [0.2, 0.25) is 0 Å². The molecule has 1 aromatic carbocycles. The molecule has 1 saturated heterocycles. The standard InChI is InChI=1S/C24H28F3N5O/c1-23(2,3)19-14-20(24(25,26)27)32-21(29-19)13-18(30-32)22(33)28-17-9-7-16(8-10-17)15-31-11-5-4-6-12-31/h7-10,13-14H,4-6,11-12,15H2,1-3H3,(H,28,33). The number of benzene rings is 1. The van der Waals surface area contributed by atoms with Gasteiger partial charge >= 0.3 is 6.18 Å². The molecule has 0 spiro atoms. The molecule has 4 rings (SSSR count). The molecule has 6 nitrogen and oxygen atoms in total. The molecule has 3 heterocycles. The Morgan fingerprint density at radius 2 is 1.70 bits per heavy atom. The summed E-state index contributed by atoms with van der Waals surface area (Å²) >= 11 is 0. The summed E-state index contributed by atoms with van der Waals surface area (Å²) in [5.41, 5.74) is 0.283. The van der Waals surface area contributed by atoms with Crippen LogP contribution in [-0.4, -0.2) is 38.5 Å². The van der Waals surface area contributed by atoms with Crippen LogP contribution in [0.4, 0.5) is 18.9 Å². The third-order valence-corrected chi connectivity index (χ3v) is 5.79. The number of rotatable bonds is 4. The summed E-state index contributed by atoms with van der Waals surface area (Å²) < 4.78 is 41.7. The predicted octanol–water partition coefficient (Wildman–Crippen LogP) is 5.28. The van der Waals surface area contributed by atoms with Crippen LogP contribution in [0, 0.1) is 0 Å². The molecule has 33 heavy (non-hydrogen) atoms. The molecule has 0 atom stereocenters. The first-order valence-corrected chi connectivity index (χ1v) is 11.1. The minimum Gasteiger partial charge on any atom is -0.321 e. The molecule has 2 aromatic heterocycles. The van der Waals surface area contributed by atoms with Crippen LogP contribution in [0.3, 0.4) is 0 Å². The van der Waals surface area contributed by atoms with Gasteiger partial charge in [-0.3, -0.25) is 9.69 Å². The number of hydrogen-bond acceptors (Lipinski definition) is 4. The monoisotopic (exact) mass is 459 g/mol. The van der Waals surface area contributed by atoms with Crippen LogP contribution in [0.5, 0.6) is 0 Å². The number of amides is 1. The Bertz CT molecular complexity index is 1140. The van der Waals surface area contributed by atoms with Crippen LogP contribution < -0.4 is 5.32 Å². The average Bonchev–Trinajstić information content (AvgIpc) is 3.18. The highest BCUT2D eigenvalue weighted by Gasteiger charge is 2.36. The lowest BCUT2D eigenvalue weighted by molar-refractivity contribution is -0.142. The Kier molecular flexibility index (Phi) is 6.18. The lowest BCUT2D eigenvalue weighted by atomic mass is 9.91. The quantitative estimate of drug-likeness (QED) is 0.576. The largest absolute Gasteiger partial charge is 0.433 e. The summed E-state index contributed by atoms with van der Waals surface area (Å²) in [6, 6.07) is 9.76. The molecule has 0 aliphatic carbocycles. The van der Waals surface area contributed by atoms with Crippen molar-refractivity contribution in [2.24, 2.45) is 0 Å². The summed E-state index contributed by atoms with van der Waals surface area (Å²) in [7, 11) is 0. The summed E-state index contributed by atoms with van der Waals surface area (Å²) in [5.74, 6) is -0.588. The van der Waals surface area contributed by atoms with Gasteiger partial charge < -0.3 is 5.32 Å². The summed E-state index contributed by atoms with van der Waals surface area (Å²) in [6.07, 6.45) is -0.919. The fourth-order valence-electron chi connectivity index (χ4n) is 3.94. The van der Waals surface area contributed by atoms with Crippen molar-refractivity contribution in [3.8, 4) is 0 Å². The highest BCUT2D eigenvalue weighted by Crippen LogP contribution is 2.32. The van der Waals surface area contributed by atoms with Gasteiger partial charge in [-0.25, -0.2) is 9.50 Å². The third-order valence-electron chi connectivity index (χ3n) is 5.79. The Hall–Kier alpha value is -2.94. The van der Waals surface area contributed by atoms with E-state index in [1.54, 1.807) is 32.9 Å². The van der Waals surface area contributed by atoms with E-state index in [0.717, 1.165) is 31.3 Å². The van der Waals surface area contributed by atoms with Crippen molar-refractivity contribution in [1.82, 2.24) is 19.5 Å². The van der Waals surface area contributed by atoms with Gasteiger partial charge in [-0.05, 0) is 49.7 Å². The number of piperidine rings is 1. The number of likely N-dealkylation sites (tertiary alicyclic amines) is 1. The maximum atomic E-state index is 13.7. The summed E-state index contributed by atoms with van der Waals surface area (Å²) in [6.45, 7) is 8.40. The molecular formula is C24H28F3N5O. The van der Waals surface area contributed by atoms with Crippen molar-refractivity contribution < 1.29 is 18.0 Å². The van der Waals surface area contributed by atoms with Gasteiger partial charge in [-0.15, -0.1) is 0 Å². The molecule has 0 saturated carbocycles. The second kappa shape index (κ2) is 8.78. The fraction of sp³-hybridized carbons (Fsp3) is 0.458. The summed E-state index contributed by atoms with van der Waals surface area (Å²) in [5, 5.41) is 6.62. The van der Waals surface area contributed by atoms with Gasteiger partial charge in [0.05, 0.1) is 5.69 Å². The normalized spacial score (nSPS) is 15.7. The van der Waals surface area contributed by atoms with E-state index in [-0.39, 0.29) is 17.0 Å². The molecule has 3 aromatic rings. The van der Waals surface area contributed by atoms with Crippen molar-refractivity contribution in [1.29, 1.82) is 0 Å². The van der Waals surface area contributed by atoms with Gasteiger partial charge in [-0.2, -0.15) is 18.3 Å². The Balaban J connectivity index is 1.54. The number of hydrogen-bond donors (Lipinski definition) is 1. The number of nitrogens with zero attached hydrogens (tertiary/aromatic N) is 4. The van der Waals surface area contributed by atoms with Crippen LogP contribution in [0.2, 0.25) is 0 Å². The molecule has 9 heteroatoms. The third kappa shape index (κ3) is 5.35. The van der Waals surface area contributed by atoms with E-state index in [0.29, 0.717) is 10.2 Å². The Labute approximate surface area is 190 Å². The molecule has 1 N–H and O–H groups in total. The first-order valence-electron chi connectivity index (χ1n) is 11.1. The van der Waals surface area contributed by atoms with Crippen molar-refractivity contribution in [2.75, 3.05) is 18.4 Å². The molecule has 1 aliphatic heterocycles. The van der Waals surface area contributed by atoms with Crippen molar-refractivity contribution in [2.45, 2.75) is 58.2 Å². The maximum Gasteiger partial charge on any atom is 0.433 e. The van der Waals surface area contributed by atoms with Gasteiger partial charge in [0.1, 0.15) is 5.69 Å². The first-order chi connectivity index (χ1) is 15.5. The van der Waals surface area contributed by atoms with Gasteiger partial charge in [-0.1, -0.05) is 39.3 Å². The lowest BCUT2D eigenvalue weighted by Crippen LogP contribution is -2.29.